The lowest BCUT2D eigenvalue weighted by atomic mass is 9.68. The number of nitriles is 1. The lowest BCUT2D eigenvalue weighted by Crippen LogP contribution is -2.43. The highest BCUT2D eigenvalue weighted by Crippen LogP contribution is 2.49. The van der Waals surface area contributed by atoms with Gasteiger partial charge in [-0.05, 0) is 69.8 Å². The molecule has 36 heavy (non-hydrogen) atoms. The number of benzene rings is 2. The van der Waals surface area contributed by atoms with E-state index in [2.05, 4.69) is 42.5 Å². The van der Waals surface area contributed by atoms with Gasteiger partial charge < -0.3 is 20.1 Å². The first kappa shape index (κ1) is 26.5. The second-order valence-electron chi connectivity index (χ2n) is 9.89. The van der Waals surface area contributed by atoms with E-state index in [0.29, 0.717) is 60.3 Å². The Morgan fingerprint density at radius 3 is 2.58 bits per heavy atom. The molecule has 0 saturated heterocycles. The molecule has 1 atom stereocenters. The number of allylic oxidation sites excluding steroid dienone is 3. The fraction of sp³-hybridized carbons (Fsp3) is 0.357. The average Bonchev–Trinajstić information content (AvgIpc) is 2.82. The molecule has 0 amide bonds. The fourth-order valence-corrected chi connectivity index (χ4v) is 5.50. The molecule has 2 aliphatic rings. The zero-order valence-corrected chi connectivity index (χ0v) is 23.5. The van der Waals surface area contributed by atoms with Crippen molar-refractivity contribution in [2.75, 3.05) is 20.3 Å². The molecule has 0 aromatic heterocycles. The quantitative estimate of drug-likeness (QED) is 0.389. The summed E-state index contributed by atoms with van der Waals surface area (Å²) in [5, 5.41) is 10.5. The molecule has 2 N–H and O–H groups in total. The van der Waals surface area contributed by atoms with E-state index in [0.717, 1.165) is 20.4 Å². The normalized spacial score (nSPS) is 19.3. The van der Waals surface area contributed by atoms with Crippen molar-refractivity contribution in [1.29, 1.82) is 5.26 Å². The van der Waals surface area contributed by atoms with Gasteiger partial charge in [0, 0.05) is 34.9 Å². The largest absolute Gasteiger partial charge is 0.487 e. The van der Waals surface area contributed by atoms with Crippen LogP contribution in [0.5, 0.6) is 5.75 Å². The predicted octanol–water partition coefficient (Wildman–Crippen LogP) is 5.91. The highest BCUT2D eigenvalue weighted by molar-refractivity contribution is 14.1. The number of ether oxygens (including phenoxy) is 2. The molecule has 4 rings (SSSR count). The molecule has 0 bridgehead atoms. The van der Waals surface area contributed by atoms with Gasteiger partial charge in [-0.1, -0.05) is 43.6 Å². The summed E-state index contributed by atoms with van der Waals surface area (Å²) in [7, 11) is 1.62. The summed E-state index contributed by atoms with van der Waals surface area (Å²) >= 11 is 8.90. The van der Waals surface area contributed by atoms with E-state index in [-0.39, 0.29) is 11.2 Å². The number of methoxy groups -OCH3 is 1. The topological polar surface area (TPSA) is 88.6 Å². The maximum absolute atomic E-state index is 13.5. The number of hydrogen-bond donors (Lipinski definition) is 1. The first-order chi connectivity index (χ1) is 17.1. The average molecular weight is 618 g/mol. The van der Waals surface area contributed by atoms with Gasteiger partial charge in [0.2, 0.25) is 0 Å². The van der Waals surface area contributed by atoms with Crippen molar-refractivity contribution in [3.63, 3.8) is 0 Å². The van der Waals surface area contributed by atoms with Crippen LogP contribution < -0.4 is 10.5 Å². The Kier molecular flexibility index (Phi) is 7.98. The molecule has 2 aromatic rings. The third kappa shape index (κ3) is 5.41. The van der Waals surface area contributed by atoms with Crippen molar-refractivity contribution < 1.29 is 14.3 Å². The van der Waals surface area contributed by atoms with Gasteiger partial charge >= 0.3 is 0 Å². The highest BCUT2D eigenvalue weighted by Gasteiger charge is 2.44. The molecule has 0 unspecified atom stereocenters. The summed E-state index contributed by atoms with van der Waals surface area (Å²) in [5.41, 5.74) is 9.97. The number of carbonyl (C=O) groups is 1. The molecule has 1 aliphatic carbocycles. The summed E-state index contributed by atoms with van der Waals surface area (Å²) in [4.78, 5) is 15.4. The second kappa shape index (κ2) is 10.8. The summed E-state index contributed by atoms with van der Waals surface area (Å²) < 4.78 is 12.4. The van der Waals surface area contributed by atoms with E-state index >= 15 is 0 Å². The van der Waals surface area contributed by atoms with Crippen molar-refractivity contribution in [2.24, 2.45) is 11.1 Å². The Morgan fingerprint density at radius 1 is 1.22 bits per heavy atom. The third-order valence-corrected chi connectivity index (χ3v) is 7.62. The number of ketones is 1. The number of hydrogen-bond acceptors (Lipinski definition) is 6. The van der Waals surface area contributed by atoms with Gasteiger partial charge in [-0.3, -0.25) is 4.79 Å². The monoisotopic (exact) mass is 617 g/mol. The van der Waals surface area contributed by atoms with Crippen molar-refractivity contribution in [3.05, 3.63) is 84.8 Å². The standard InChI is InChI=1S/C28H29ClIN3O3/c1-28(2)13-22-26(23(34)14-28)25(20(15-31)27(32)33(22)10-11-35-3)18-6-9-24(21(29)12-18)36-16-17-4-7-19(30)8-5-17/h4-9,12,25H,10-11,13-14,16,32H2,1-3H3/t25-/m1/s1. The van der Waals surface area contributed by atoms with Gasteiger partial charge in [0.05, 0.1) is 29.2 Å². The van der Waals surface area contributed by atoms with Gasteiger partial charge in [0.15, 0.2) is 5.78 Å². The van der Waals surface area contributed by atoms with E-state index in [9.17, 15) is 10.1 Å². The van der Waals surface area contributed by atoms with E-state index in [1.54, 1.807) is 19.2 Å². The molecule has 2 aromatic carbocycles. The summed E-state index contributed by atoms with van der Waals surface area (Å²) in [6, 6.07) is 15.8. The third-order valence-electron chi connectivity index (χ3n) is 6.60. The van der Waals surface area contributed by atoms with Crippen LogP contribution >= 0.6 is 34.2 Å². The molecule has 8 heteroatoms. The molecule has 1 aliphatic heterocycles. The lowest BCUT2D eigenvalue weighted by molar-refractivity contribution is -0.118. The van der Waals surface area contributed by atoms with Crippen molar-refractivity contribution in [1.82, 2.24) is 4.90 Å². The van der Waals surface area contributed by atoms with Crippen molar-refractivity contribution in [2.45, 2.75) is 39.2 Å². The molecule has 0 fully saturated rings. The van der Waals surface area contributed by atoms with Crippen LogP contribution in [-0.4, -0.2) is 30.9 Å². The van der Waals surface area contributed by atoms with E-state index in [1.807, 2.05) is 35.2 Å². The molecule has 6 nitrogen and oxygen atoms in total. The van der Waals surface area contributed by atoms with Crippen LogP contribution in [0.2, 0.25) is 5.02 Å². The molecule has 0 radical (unpaired) electrons. The number of carbonyl (C=O) groups excluding carboxylic acids is 1. The molecular weight excluding hydrogens is 589 g/mol. The van der Waals surface area contributed by atoms with Gasteiger partial charge in [-0.25, -0.2) is 0 Å². The minimum atomic E-state index is -0.574. The number of Topliss-reactive ketones (excluding diaryl/α,β-unsaturated/α-hetero) is 1. The van der Waals surface area contributed by atoms with Gasteiger partial charge in [-0.2, -0.15) is 5.26 Å². The fourth-order valence-electron chi connectivity index (χ4n) is 4.90. The molecule has 1 heterocycles. The first-order valence-corrected chi connectivity index (χ1v) is 13.2. The maximum Gasteiger partial charge on any atom is 0.162 e. The van der Waals surface area contributed by atoms with Crippen LogP contribution in [0.3, 0.4) is 0 Å². The molecule has 0 saturated carbocycles. The number of nitrogens with zero attached hydrogens (tertiary/aromatic N) is 2. The smallest absolute Gasteiger partial charge is 0.162 e. The number of nitrogens with two attached hydrogens (primary N) is 1. The Bertz CT molecular complexity index is 1280. The Balaban J connectivity index is 1.71. The predicted molar refractivity (Wildman–Crippen MR) is 148 cm³/mol. The van der Waals surface area contributed by atoms with Crippen LogP contribution in [-0.2, 0) is 16.1 Å². The summed E-state index contributed by atoms with van der Waals surface area (Å²) in [6.07, 6.45) is 1.09. The second-order valence-corrected chi connectivity index (χ2v) is 11.5. The first-order valence-electron chi connectivity index (χ1n) is 11.7. The van der Waals surface area contributed by atoms with Gasteiger partial charge in [-0.15, -0.1) is 0 Å². The van der Waals surface area contributed by atoms with Crippen LogP contribution in [0, 0.1) is 20.3 Å². The molecule has 0 spiro atoms. The minimum absolute atomic E-state index is 0.0316. The van der Waals surface area contributed by atoms with Gasteiger partial charge in [0.1, 0.15) is 18.2 Å². The van der Waals surface area contributed by atoms with Crippen LogP contribution in [0.25, 0.3) is 0 Å². The Morgan fingerprint density at radius 2 is 1.94 bits per heavy atom. The molecule has 188 valence electrons. The van der Waals surface area contributed by atoms with Crippen LogP contribution in [0.4, 0.5) is 0 Å². The van der Waals surface area contributed by atoms with Crippen molar-refractivity contribution >= 4 is 40.0 Å². The number of halogens is 2. The lowest BCUT2D eigenvalue weighted by Gasteiger charge is -2.43. The van der Waals surface area contributed by atoms with E-state index in [4.69, 9.17) is 26.8 Å². The SMILES string of the molecule is COCCN1C(N)=C(C#N)[C@@H](c2ccc(OCc3ccc(I)cc3)c(Cl)c2)C2=C1CC(C)(C)CC2=O. The minimum Gasteiger partial charge on any atom is -0.487 e. The Labute approximate surface area is 230 Å². The number of rotatable bonds is 7. The van der Waals surface area contributed by atoms with Crippen molar-refractivity contribution in [3.8, 4) is 11.8 Å². The Hall–Kier alpha value is -2.54. The van der Waals surface area contributed by atoms with Gasteiger partial charge in [0.25, 0.3) is 0 Å². The zero-order valence-electron chi connectivity index (χ0n) is 20.6. The van der Waals surface area contributed by atoms with Crippen LogP contribution in [0.1, 0.15) is 43.7 Å². The zero-order chi connectivity index (χ0) is 26.0. The van der Waals surface area contributed by atoms with Crippen LogP contribution in [0.15, 0.2) is 65.1 Å². The maximum atomic E-state index is 13.5. The highest BCUT2D eigenvalue weighted by atomic mass is 127. The molecular formula is C28H29ClIN3O3. The van der Waals surface area contributed by atoms with E-state index < -0.39 is 5.92 Å². The van der Waals surface area contributed by atoms with E-state index in [1.165, 1.54) is 0 Å². The summed E-state index contributed by atoms with van der Waals surface area (Å²) in [6.45, 7) is 5.43. The summed E-state index contributed by atoms with van der Waals surface area (Å²) in [5.74, 6) is 0.357.